The molecule has 0 saturated heterocycles. The number of rotatable bonds is 10. The molecule has 3 rings (SSSR count). The van der Waals surface area contributed by atoms with E-state index in [0.717, 1.165) is 0 Å². The Bertz CT molecular complexity index is 1070. The maximum Gasteiger partial charge on any atom is 0.376 e. The van der Waals surface area contributed by atoms with Crippen molar-refractivity contribution in [2.45, 2.75) is 31.0 Å². The minimum absolute atomic E-state index is 0.0206. The second kappa shape index (κ2) is 12.0. The van der Waals surface area contributed by atoms with Crippen LogP contribution in [0.2, 0.25) is 0 Å². The van der Waals surface area contributed by atoms with Gasteiger partial charge in [-0.25, -0.2) is 9.59 Å². The molecule has 2 radical (unpaired) electrons. The van der Waals surface area contributed by atoms with Crippen LogP contribution in [0.25, 0.3) is 0 Å². The zero-order chi connectivity index (χ0) is 26.3. The maximum atomic E-state index is 12.8. The third-order valence-electron chi connectivity index (χ3n) is 5.89. The van der Waals surface area contributed by atoms with Crippen LogP contribution >= 0.6 is 0 Å². The van der Waals surface area contributed by atoms with E-state index in [1.165, 1.54) is 40.6 Å². The van der Waals surface area contributed by atoms with E-state index in [4.69, 9.17) is 38.5 Å². The molecule has 1 saturated carbocycles. The molecule has 1 aliphatic rings. The summed E-state index contributed by atoms with van der Waals surface area (Å²) in [5.74, 6) is -0.217. The molecule has 10 nitrogen and oxygen atoms in total. The molecule has 0 heterocycles. The zero-order valence-corrected chi connectivity index (χ0v) is 20.7. The Morgan fingerprint density at radius 3 is 1.86 bits per heavy atom. The summed E-state index contributed by atoms with van der Waals surface area (Å²) in [4.78, 5) is 46.7. The van der Waals surface area contributed by atoms with Crippen molar-refractivity contribution in [1.29, 1.82) is 0 Å². The molecule has 2 aromatic rings. The van der Waals surface area contributed by atoms with Gasteiger partial charge in [0.25, 0.3) is 0 Å². The molecule has 3 atom stereocenters. The second-order valence-electron chi connectivity index (χ2n) is 8.25. The Morgan fingerprint density at radius 1 is 0.833 bits per heavy atom. The van der Waals surface area contributed by atoms with E-state index in [9.17, 15) is 9.59 Å². The number of carbonyl (C=O) groups excluding carboxylic acids is 2. The van der Waals surface area contributed by atoms with Gasteiger partial charge in [-0.1, -0.05) is 6.92 Å². The zero-order valence-electron chi connectivity index (χ0n) is 20.7. The Labute approximate surface area is 210 Å². The van der Waals surface area contributed by atoms with Crippen molar-refractivity contribution in [3.63, 3.8) is 0 Å². The molecule has 1 fully saturated rings. The highest BCUT2D eigenvalue weighted by Gasteiger charge is 2.45. The second-order valence-corrected chi connectivity index (χ2v) is 8.25. The molecule has 0 amide bonds. The fraction of sp³-hybridized carbons (Fsp3) is 0.385. The van der Waals surface area contributed by atoms with Crippen LogP contribution in [0.4, 0.5) is 0 Å². The van der Waals surface area contributed by atoms with Crippen molar-refractivity contribution in [2.24, 2.45) is 5.92 Å². The predicted octanol–water partition coefficient (Wildman–Crippen LogP) is 4.17. The molecular weight excluding hydrogens is 472 g/mol. The lowest BCUT2D eigenvalue weighted by Gasteiger charge is -2.39. The SMILES string of the molecule is [CH2]C1CCC([CH2])(OOC(=O)c2cc(OC)ccc2OC)C(OOC(=O)c2cc(OC)ccc2OC)C1. The fourth-order valence-electron chi connectivity index (χ4n) is 3.73. The Hall–Kier alpha value is -3.50. The molecule has 0 aliphatic heterocycles. The monoisotopic (exact) mass is 502 g/mol. The van der Waals surface area contributed by atoms with Gasteiger partial charge in [-0.2, -0.15) is 9.78 Å². The number of hydrogen-bond acceptors (Lipinski definition) is 10. The molecule has 3 unspecified atom stereocenters. The van der Waals surface area contributed by atoms with Gasteiger partial charge in [0.2, 0.25) is 0 Å². The molecule has 36 heavy (non-hydrogen) atoms. The third-order valence-corrected chi connectivity index (χ3v) is 5.89. The highest BCUT2D eigenvalue weighted by atomic mass is 17.2. The quantitative estimate of drug-likeness (QED) is 0.347. The smallest absolute Gasteiger partial charge is 0.376 e. The van der Waals surface area contributed by atoms with Crippen LogP contribution < -0.4 is 18.9 Å². The number of ether oxygens (including phenoxy) is 4. The van der Waals surface area contributed by atoms with Crippen molar-refractivity contribution >= 4 is 11.9 Å². The van der Waals surface area contributed by atoms with Crippen LogP contribution in [0.15, 0.2) is 36.4 Å². The first-order valence-corrected chi connectivity index (χ1v) is 11.1. The summed E-state index contributed by atoms with van der Waals surface area (Å²) < 4.78 is 20.8. The number of hydrogen-bond donors (Lipinski definition) is 0. The van der Waals surface area contributed by atoms with Crippen molar-refractivity contribution in [3.8, 4) is 23.0 Å². The average molecular weight is 503 g/mol. The Kier molecular flexibility index (Phi) is 9.00. The van der Waals surface area contributed by atoms with Gasteiger partial charge in [0.1, 0.15) is 45.8 Å². The molecule has 0 aromatic heterocycles. The summed E-state index contributed by atoms with van der Waals surface area (Å²) in [5, 5.41) is 0. The largest absolute Gasteiger partial charge is 0.497 e. The van der Waals surface area contributed by atoms with Crippen molar-refractivity contribution < 1.29 is 48.1 Å². The van der Waals surface area contributed by atoms with E-state index in [0.29, 0.717) is 30.8 Å². The third kappa shape index (κ3) is 6.19. The minimum atomic E-state index is -1.37. The van der Waals surface area contributed by atoms with Gasteiger partial charge in [0, 0.05) is 0 Å². The van der Waals surface area contributed by atoms with Gasteiger partial charge in [0.15, 0.2) is 0 Å². The fourth-order valence-corrected chi connectivity index (χ4v) is 3.73. The summed E-state index contributed by atoms with van der Waals surface area (Å²) in [6, 6.07) is 9.36. The molecule has 0 N–H and O–H groups in total. The van der Waals surface area contributed by atoms with Crippen molar-refractivity contribution in [2.75, 3.05) is 28.4 Å². The van der Waals surface area contributed by atoms with Crippen LogP contribution in [0.3, 0.4) is 0 Å². The van der Waals surface area contributed by atoms with Gasteiger partial charge in [-0.15, -0.1) is 0 Å². The summed E-state index contributed by atoms with van der Waals surface area (Å²) in [5.41, 5.74) is -1.17. The van der Waals surface area contributed by atoms with Crippen molar-refractivity contribution in [3.05, 3.63) is 61.4 Å². The summed E-state index contributed by atoms with van der Waals surface area (Å²) in [6.45, 7) is 8.11. The van der Waals surface area contributed by atoms with Gasteiger partial charge >= 0.3 is 11.9 Å². The first-order valence-electron chi connectivity index (χ1n) is 11.1. The van der Waals surface area contributed by atoms with Crippen LogP contribution in [-0.2, 0) is 19.6 Å². The lowest BCUT2D eigenvalue weighted by Crippen LogP contribution is -2.49. The topological polar surface area (TPSA) is 108 Å². The van der Waals surface area contributed by atoms with Gasteiger partial charge in [-0.05, 0) is 68.5 Å². The minimum Gasteiger partial charge on any atom is -0.497 e. The molecule has 1 aliphatic carbocycles. The average Bonchev–Trinajstić information content (AvgIpc) is 2.91. The molecule has 0 bridgehead atoms. The predicted molar refractivity (Wildman–Crippen MR) is 127 cm³/mol. The summed E-state index contributed by atoms with van der Waals surface area (Å²) >= 11 is 0. The van der Waals surface area contributed by atoms with Gasteiger partial charge in [-0.3, -0.25) is 9.78 Å². The lowest BCUT2D eigenvalue weighted by atomic mass is 9.78. The Morgan fingerprint density at radius 2 is 1.36 bits per heavy atom. The first-order chi connectivity index (χ1) is 17.2. The standard InChI is InChI=1S/C26H30O10/c1-16-11-12-26(2,36-35-25(28)20-15-18(30-4)8-10-22(20)32-6)23(13-16)33-34-24(27)19-14-17(29-3)7-9-21(19)31-5/h7-10,14-16,23H,1-2,11-13H2,3-6H3. The Balaban J connectivity index is 1.71. The van der Waals surface area contributed by atoms with E-state index in [1.807, 2.05) is 0 Å². The summed E-state index contributed by atoms with van der Waals surface area (Å²) in [7, 11) is 5.79. The van der Waals surface area contributed by atoms with Crippen LogP contribution in [0, 0.1) is 19.8 Å². The van der Waals surface area contributed by atoms with Crippen LogP contribution in [0.5, 0.6) is 23.0 Å². The van der Waals surface area contributed by atoms with Crippen molar-refractivity contribution in [1.82, 2.24) is 0 Å². The van der Waals surface area contributed by atoms with E-state index in [-0.39, 0.29) is 28.5 Å². The number of carbonyl (C=O) groups is 2. The maximum absolute atomic E-state index is 12.8. The van der Waals surface area contributed by atoms with Crippen LogP contribution in [0.1, 0.15) is 40.0 Å². The lowest BCUT2D eigenvalue weighted by molar-refractivity contribution is -0.380. The molecule has 194 valence electrons. The number of benzene rings is 2. The van der Waals surface area contributed by atoms with Crippen LogP contribution in [-0.4, -0.2) is 52.1 Å². The highest BCUT2D eigenvalue weighted by molar-refractivity contribution is 5.93. The number of methoxy groups -OCH3 is 4. The molecule has 2 aromatic carbocycles. The van der Waals surface area contributed by atoms with E-state index in [2.05, 4.69) is 13.8 Å². The summed E-state index contributed by atoms with van der Waals surface area (Å²) in [6.07, 6.45) is 0.413. The van der Waals surface area contributed by atoms with E-state index in [1.54, 1.807) is 24.3 Å². The van der Waals surface area contributed by atoms with E-state index >= 15 is 0 Å². The highest BCUT2D eigenvalue weighted by Crippen LogP contribution is 2.37. The van der Waals surface area contributed by atoms with Gasteiger partial charge in [0.05, 0.1) is 28.4 Å². The van der Waals surface area contributed by atoms with E-state index < -0.39 is 23.6 Å². The first kappa shape index (κ1) is 27.1. The molecular formula is C26H30O10. The molecule has 0 spiro atoms. The molecule has 10 heteroatoms. The normalized spacial score (nSPS) is 21.3. The van der Waals surface area contributed by atoms with Gasteiger partial charge < -0.3 is 18.9 Å².